The van der Waals surface area contributed by atoms with Gasteiger partial charge in [-0.15, -0.1) is 0 Å². The Balaban J connectivity index is 1.76. The predicted octanol–water partition coefficient (Wildman–Crippen LogP) is 4.21. The van der Waals surface area contributed by atoms with Crippen LogP contribution in [0.3, 0.4) is 0 Å². The van der Waals surface area contributed by atoms with Crippen molar-refractivity contribution in [3.8, 4) is 0 Å². The zero-order valence-electron chi connectivity index (χ0n) is 16.1. The Kier molecular flexibility index (Phi) is 6.06. The smallest absolute Gasteiger partial charge is 0.340 e. The van der Waals surface area contributed by atoms with Crippen molar-refractivity contribution in [1.82, 2.24) is 9.97 Å². The summed E-state index contributed by atoms with van der Waals surface area (Å²) in [6, 6.07) is 16.9. The first kappa shape index (κ1) is 19.2. The number of hydrogen-bond donors (Lipinski definition) is 2. The molecule has 0 unspecified atom stereocenters. The largest absolute Gasteiger partial charge is 0.462 e. The Morgan fingerprint density at radius 2 is 1.79 bits per heavy atom. The molecule has 0 aliphatic carbocycles. The average molecular weight is 377 g/mol. The molecule has 0 aliphatic rings. The molecule has 1 heterocycles. The van der Waals surface area contributed by atoms with Crippen LogP contribution in [0.25, 0.3) is 0 Å². The number of aromatic nitrogens is 2. The number of ether oxygens (including phenoxy) is 1. The van der Waals surface area contributed by atoms with Crippen LogP contribution in [0.1, 0.15) is 17.3 Å². The third-order valence-corrected chi connectivity index (χ3v) is 3.98. The van der Waals surface area contributed by atoms with Gasteiger partial charge in [0.25, 0.3) is 0 Å². The first-order chi connectivity index (χ1) is 13.6. The molecule has 0 saturated heterocycles. The highest BCUT2D eigenvalue weighted by atomic mass is 16.5. The minimum absolute atomic E-state index is 0.321. The summed E-state index contributed by atoms with van der Waals surface area (Å²) in [4.78, 5) is 22.9. The van der Waals surface area contributed by atoms with Gasteiger partial charge in [-0.05, 0) is 49.4 Å². The van der Waals surface area contributed by atoms with Gasteiger partial charge in [-0.1, -0.05) is 12.1 Å². The number of nitrogens with one attached hydrogen (secondary N) is 2. The van der Waals surface area contributed by atoms with E-state index >= 15 is 0 Å². The number of carbonyl (C=O) groups excluding carboxylic acids is 1. The second-order valence-electron chi connectivity index (χ2n) is 6.22. The van der Waals surface area contributed by atoms with Gasteiger partial charge in [0, 0.05) is 31.7 Å². The van der Waals surface area contributed by atoms with Crippen LogP contribution >= 0.6 is 0 Å². The zero-order chi connectivity index (χ0) is 19.9. The van der Waals surface area contributed by atoms with Crippen LogP contribution in [0.15, 0.2) is 60.8 Å². The molecular weight excluding hydrogens is 354 g/mol. The molecule has 0 spiro atoms. The fourth-order valence-corrected chi connectivity index (χ4v) is 2.58. The summed E-state index contributed by atoms with van der Waals surface area (Å²) < 4.78 is 5.11. The van der Waals surface area contributed by atoms with Crippen molar-refractivity contribution in [3.63, 3.8) is 0 Å². The van der Waals surface area contributed by atoms with Gasteiger partial charge in [0.2, 0.25) is 5.95 Å². The number of esters is 1. The SMILES string of the molecule is CCOC(=O)c1ccccc1Nc1ccnc(Nc2ccc(N(C)C)cc2)n1. The summed E-state index contributed by atoms with van der Waals surface area (Å²) in [5.74, 6) is 0.648. The van der Waals surface area contributed by atoms with E-state index in [2.05, 4.69) is 20.6 Å². The van der Waals surface area contributed by atoms with E-state index in [9.17, 15) is 4.79 Å². The Hall–Kier alpha value is -3.61. The molecule has 0 fully saturated rings. The monoisotopic (exact) mass is 377 g/mol. The molecule has 7 heteroatoms. The molecule has 2 aromatic carbocycles. The zero-order valence-corrected chi connectivity index (χ0v) is 16.1. The Morgan fingerprint density at radius 1 is 1.04 bits per heavy atom. The normalized spacial score (nSPS) is 10.2. The van der Waals surface area contributed by atoms with Crippen molar-refractivity contribution in [2.75, 3.05) is 36.2 Å². The lowest BCUT2D eigenvalue weighted by atomic mass is 10.2. The van der Waals surface area contributed by atoms with Gasteiger partial charge >= 0.3 is 5.97 Å². The van der Waals surface area contributed by atoms with Crippen LogP contribution in [0.5, 0.6) is 0 Å². The van der Waals surface area contributed by atoms with E-state index in [1.165, 1.54) is 0 Å². The topological polar surface area (TPSA) is 79.4 Å². The first-order valence-corrected chi connectivity index (χ1v) is 8.97. The van der Waals surface area contributed by atoms with E-state index in [1.807, 2.05) is 49.3 Å². The van der Waals surface area contributed by atoms with Crippen LogP contribution in [0.2, 0.25) is 0 Å². The Bertz CT molecular complexity index is 942. The summed E-state index contributed by atoms with van der Waals surface area (Å²) in [6.45, 7) is 2.10. The first-order valence-electron chi connectivity index (χ1n) is 8.97. The van der Waals surface area contributed by atoms with E-state index in [-0.39, 0.29) is 5.97 Å². The standard InChI is InChI=1S/C21H23N5O2/c1-4-28-20(27)17-7-5-6-8-18(17)24-19-13-14-22-21(25-19)23-15-9-11-16(12-10-15)26(2)3/h5-14H,4H2,1-3H3,(H2,22,23,24,25). The Labute approximate surface area is 164 Å². The number of nitrogens with zero attached hydrogens (tertiary/aromatic N) is 3. The number of benzene rings is 2. The highest BCUT2D eigenvalue weighted by Crippen LogP contribution is 2.22. The van der Waals surface area contributed by atoms with E-state index in [0.29, 0.717) is 29.6 Å². The van der Waals surface area contributed by atoms with Crippen molar-refractivity contribution in [1.29, 1.82) is 0 Å². The summed E-state index contributed by atoms with van der Waals surface area (Å²) in [5.41, 5.74) is 3.07. The van der Waals surface area contributed by atoms with E-state index in [1.54, 1.807) is 37.4 Å². The molecule has 2 N–H and O–H groups in total. The molecule has 0 atom stereocenters. The van der Waals surface area contributed by atoms with Crippen LogP contribution < -0.4 is 15.5 Å². The molecule has 1 aromatic heterocycles. The number of para-hydroxylation sites is 1. The Morgan fingerprint density at radius 3 is 2.50 bits per heavy atom. The minimum atomic E-state index is -0.376. The maximum Gasteiger partial charge on any atom is 0.340 e. The minimum Gasteiger partial charge on any atom is -0.462 e. The number of carbonyl (C=O) groups is 1. The van der Waals surface area contributed by atoms with Gasteiger partial charge in [-0.3, -0.25) is 0 Å². The summed E-state index contributed by atoms with van der Waals surface area (Å²) >= 11 is 0. The summed E-state index contributed by atoms with van der Waals surface area (Å²) in [7, 11) is 3.99. The fraction of sp³-hybridized carbons (Fsp3) is 0.190. The molecule has 0 saturated carbocycles. The van der Waals surface area contributed by atoms with Crippen molar-refractivity contribution in [2.45, 2.75) is 6.92 Å². The molecule has 144 valence electrons. The third kappa shape index (κ3) is 4.76. The van der Waals surface area contributed by atoms with Crippen molar-refractivity contribution in [3.05, 3.63) is 66.4 Å². The van der Waals surface area contributed by atoms with Gasteiger partial charge in [0.1, 0.15) is 5.82 Å². The molecular formula is C21H23N5O2. The average Bonchev–Trinajstić information content (AvgIpc) is 2.69. The lowest BCUT2D eigenvalue weighted by Gasteiger charge is -2.13. The molecule has 7 nitrogen and oxygen atoms in total. The van der Waals surface area contributed by atoms with Crippen LogP contribution in [0, 0.1) is 0 Å². The number of rotatable bonds is 7. The highest BCUT2D eigenvalue weighted by Gasteiger charge is 2.12. The van der Waals surface area contributed by atoms with Gasteiger partial charge in [-0.25, -0.2) is 9.78 Å². The van der Waals surface area contributed by atoms with E-state index < -0.39 is 0 Å². The fourth-order valence-electron chi connectivity index (χ4n) is 2.58. The molecule has 0 bridgehead atoms. The van der Waals surface area contributed by atoms with Crippen LogP contribution in [-0.2, 0) is 4.74 Å². The molecule has 0 aliphatic heterocycles. The number of hydrogen-bond acceptors (Lipinski definition) is 7. The third-order valence-electron chi connectivity index (χ3n) is 3.98. The number of anilines is 5. The van der Waals surface area contributed by atoms with Gasteiger partial charge in [0.05, 0.1) is 17.9 Å². The molecule has 3 aromatic rings. The second kappa shape index (κ2) is 8.85. The van der Waals surface area contributed by atoms with Gasteiger partial charge in [-0.2, -0.15) is 4.98 Å². The van der Waals surface area contributed by atoms with Gasteiger partial charge in [0.15, 0.2) is 0 Å². The van der Waals surface area contributed by atoms with Crippen molar-refractivity contribution in [2.24, 2.45) is 0 Å². The lowest BCUT2D eigenvalue weighted by molar-refractivity contribution is 0.0527. The quantitative estimate of drug-likeness (QED) is 0.597. The predicted molar refractivity (Wildman–Crippen MR) is 112 cm³/mol. The second-order valence-corrected chi connectivity index (χ2v) is 6.22. The van der Waals surface area contributed by atoms with Crippen molar-refractivity contribution >= 4 is 34.8 Å². The molecule has 3 rings (SSSR count). The van der Waals surface area contributed by atoms with E-state index in [4.69, 9.17) is 4.74 Å². The van der Waals surface area contributed by atoms with E-state index in [0.717, 1.165) is 11.4 Å². The maximum atomic E-state index is 12.1. The summed E-state index contributed by atoms with van der Waals surface area (Å²) in [5, 5.41) is 6.34. The lowest BCUT2D eigenvalue weighted by Crippen LogP contribution is -2.09. The summed E-state index contributed by atoms with van der Waals surface area (Å²) in [6.07, 6.45) is 1.65. The molecule has 0 amide bonds. The van der Waals surface area contributed by atoms with Crippen LogP contribution in [-0.4, -0.2) is 36.6 Å². The van der Waals surface area contributed by atoms with Crippen LogP contribution in [0.4, 0.5) is 28.8 Å². The van der Waals surface area contributed by atoms with Crippen molar-refractivity contribution < 1.29 is 9.53 Å². The molecule has 28 heavy (non-hydrogen) atoms. The highest BCUT2D eigenvalue weighted by molar-refractivity contribution is 5.96. The maximum absolute atomic E-state index is 12.1. The van der Waals surface area contributed by atoms with Gasteiger partial charge < -0.3 is 20.3 Å². The molecule has 0 radical (unpaired) electrons.